The summed E-state index contributed by atoms with van der Waals surface area (Å²) in [5, 5.41) is 79.9. The van der Waals surface area contributed by atoms with Crippen LogP contribution in [0.4, 0.5) is 0 Å². The number of aliphatic hydroxyl groups excluding tert-OH is 8. The average Bonchev–Trinajstić information content (AvgIpc) is 2.95. The first-order valence-corrected chi connectivity index (χ1v) is 14.4. The van der Waals surface area contributed by atoms with Crippen LogP contribution in [0.15, 0.2) is 0 Å². The van der Waals surface area contributed by atoms with Gasteiger partial charge in [0.25, 0.3) is 5.91 Å². The lowest BCUT2D eigenvalue weighted by molar-refractivity contribution is -0.471. The molecule has 2 aliphatic rings. The van der Waals surface area contributed by atoms with Crippen molar-refractivity contribution in [2.45, 2.75) is 145 Å². The van der Waals surface area contributed by atoms with E-state index in [2.05, 4.69) is 6.92 Å². The number of ether oxygens (including phenoxy) is 2. The zero-order chi connectivity index (χ0) is 29.7. The first-order valence-electron chi connectivity index (χ1n) is 14.4. The molecule has 40 heavy (non-hydrogen) atoms. The van der Waals surface area contributed by atoms with Crippen LogP contribution in [0.2, 0.25) is 0 Å². The van der Waals surface area contributed by atoms with Gasteiger partial charge in [0.15, 0.2) is 0 Å². The van der Waals surface area contributed by atoms with Gasteiger partial charge < -0.3 is 50.3 Å². The van der Waals surface area contributed by atoms with E-state index in [0.717, 1.165) is 25.7 Å². The topological polar surface area (TPSA) is 219 Å². The van der Waals surface area contributed by atoms with Crippen molar-refractivity contribution in [3.63, 3.8) is 0 Å². The van der Waals surface area contributed by atoms with E-state index in [1.54, 1.807) is 0 Å². The van der Waals surface area contributed by atoms with E-state index in [-0.39, 0.29) is 11.6 Å². The third-order valence-corrected chi connectivity index (χ3v) is 7.29. The quantitative estimate of drug-likeness (QED) is 0.0716. The Morgan fingerprint density at radius 3 is 1.35 bits per heavy atom. The standard InChI is InChI=1S/C26H49NO13/c1-2-3-4-5-6-7-8-9-10-11-12-13-18(30)27(39-25-23(35)21(33)19(31)16(14-28)37-25)40-26-24(36)22(34)20(32)17(15-29)38-26/h16-17,19-26,28-29,31-36H,2-15H2,1H3/t16-,17-,19-,20-,21+,22+,23+,24+,25?,26?/m1/s1. The summed E-state index contributed by atoms with van der Waals surface area (Å²) < 4.78 is 10.6. The Morgan fingerprint density at radius 1 is 0.600 bits per heavy atom. The Morgan fingerprint density at radius 2 is 0.975 bits per heavy atom. The third kappa shape index (κ3) is 10.4. The number of aliphatic hydroxyl groups is 8. The van der Waals surface area contributed by atoms with Crippen LogP contribution >= 0.6 is 0 Å². The van der Waals surface area contributed by atoms with Gasteiger partial charge in [0.05, 0.1) is 13.2 Å². The molecular formula is C26H49NO13. The van der Waals surface area contributed by atoms with Gasteiger partial charge in [0.1, 0.15) is 48.8 Å². The third-order valence-electron chi connectivity index (χ3n) is 7.29. The number of hydrogen-bond acceptors (Lipinski definition) is 13. The molecule has 14 nitrogen and oxygen atoms in total. The first-order chi connectivity index (χ1) is 19.2. The summed E-state index contributed by atoms with van der Waals surface area (Å²) in [6, 6.07) is 0. The highest BCUT2D eigenvalue weighted by molar-refractivity contribution is 5.74. The number of carbonyl (C=O) groups is 1. The summed E-state index contributed by atoms with van der Waals surface area (Å²) >= 11 is 0. The van der Waals surface area contributed by atoms with Crippen molar-refractivity contribution in [3.8, 4) is 0 Å². The molecule has 0 aliphatic carbocycles. The highest BCUT2D eigenvalue weighted by Gasteiger charge is 2.48. The molecule has 0 aromatic rings. The van der Waals surface area contributed by atoms with Crippen LogP contribution < -0.4 is 0 Å². The highest BCUT2D eigenvalue weighted by atomic mass is 17.0. The Hall–Kier alpha value is -1.01. The minimum absolute atomic E-state index is 0.0775. The molecule has 14 heteroatoms. The number of rotatable bonds is 18. The molecule has 0 aromatic carbocycles. The van der Waals surface area contributed by atoms with Gasteiger partial charge in [-0.2, -0.15) is 0 Å². The fourth-order valence-electron chi connectivity index (χ4n) is 4.67. The SMILES string of the molecule is CCCCCCCCCCCCCC(=O)N(OC1O[C@H](CO)[C@@H](O)[C@H](O)[C@@H]1O)OC1O[C@H](CO)[C@@H](O)[C@H](O)[C@@H]1O. The van der Waals surface area contributed by atoms with Crippen LogP contribution in [0.25, 0.3) is 0 Å². The number of hydrogen-bond donors (Lipinski definition) is 8. The average molecular weight is 584 g/mol. The second-order valence-corrected chi connectivity index (χ2v) is 10.5. The van der Waals surface area contributed by atoms with Crippen LogP contribution in [-0.2, 0) is 23.9 Å². The van der Waals surface area contributed by atoms with Crippen molar-refractivity contribution in [2.75, 3.05) is 13.2 Å². The molecule has 2 fully saturated rings. The molecule has 8 N–H and O–H groups in total. The molecule has 0 spiro atoms. The van der Waals surface area contributed by atoms with Crippen molar-refractivity contribution in [2.24, 2.45) is 0 Å². The number of nitrogens with zero attached hydrogens (tertiary/aromatic N) is 1. The molecule has 0 saturated carbocycles. The van der Waals surface area contributed by atoms with Crippen LogP contribution in [0.1, 0.15) is 84.0 Å². The van der Waals surface area contributed by atoms with Crippen LogP contribution in [0, 0.1) is 0 Å². The summed E-state index contributed by atoms with van der Waals surface area (Å²) in [4.78, 5) is 23.8. The Bertz CT molecular complexity index is 662. The van der Waals surface area contributed by atoms with Gasteiger partial charge in [-0.3, -0.25) is 4.79 Å². The van der Waals surface area contributed by atoms with E-state index in [1.807, 2.05) is 0 Å². The summed E-state index contributed by atoms with van der Waals surface area (Å²) in [5.41, 5.74) is 0. The van der Waals surface area contributed by atoms with E-state index in [0.29, 0.717) is 6.42 Å². The van der Waals surface area contributed by atoms with Crippen LogP contribution in [0.5, 0.6) is 0 Å². The molecular weight excluding hydrogens is 534 g/mol. The fourth-order valence-corrected chi connectivity index (χ4v) is 4.67. The Kier molecular flexibility index (Phi) is 16.3. The molecule has 1 amide bonds. The van der Waals surface area contributed by atoms with Gasteiger partial charge in [0.2, 0.25) is 12.6 Å². The summed E-state index contributed by atoms with van der Waals surface area (Å²) in [6.45, 7) is 0.725. The molecule has 0 bridgehead atoms. The lowest BCUT2D eigenvalue weighted by atomic mass is 9.99. The molecule has 2 heterocycles. The molecule has 10 atom stereocenters. The molecule has 2 rings (SSSR count). The van der Waals surface area contributed by atoms with E-state index < -0.39 is 80.5 Å². The summed E-state index contributed by atoms with van der Waals surface area (Å²) in [6.07, 6.45) is -5.18. The van der Waals surface area contributed by atoms with E-state index in [4.69, 9.17) is 19.1 Å². The van der Waals surface area contributed by atoms with Gasteiger partial charge >= 0.3 is 0 Å². The maximum atomic E-state index is 13.0. The fraction of sp³-hybridized carbons (Fsp3) is 0.962. The molecule has 2 aliphatic heterocycles. The second kappa shape index (κ2) is 18.5. The molecule has 236 valence electrons. The zero-order valence-electron chi connectivity index (χ0n) is 23.2. The number of unbranched alkanes of at least 4 members (excludes halogenated alkanes) is 10. The molecule has 2 saturated heterocycles. The maximum Gasteiger partial charge on any atom is 0.273 e. The predicted molar refractivity (Wildman–Crippen MR) is 138 cm³/mol. The smallest absolute Gasteiger partial charge is 0.273 e. The number of amides is 1. The van der Waals surface area contributed by atoms with Gasteiger partial charge in [-0.15, -0.1) is 0 Å². The molecule has 0 aromatic heterocycles. The maximum absolute atomic E-state index is 13.0. The Balaban J connectivity index is 1.95. The lowest BCUT2D eigenvalue weighted by Crippen LogP contribution is -2.62. The minimum Gasteiger partial charge on any atom is -0.394 e. The second-order valence-electron chi connectivity index (χ2n) is 10.5. The van der Waals surface area contributed by atoms with Gasteiger partial charge in [-0.25, -0.2) is 9.68 Å². The lowest BCUT2D eigenvalue weighted by Gasteiger charge is -2.42. The van der Waals surface area contributed by atoms with Crippen molar-refractivity contribution < 1.29 is 64.8 Å². The van der Waals surface area contributed by atoms with Crippen LogP contribution in [-0.4, -0.2) is 127 Å². The molecule has 2 unspecified atom stereocenters. The minimum atomic E-state index is -1.85. The van der Waals surface area contributed by atoms with E-state index in [9.17, 15) is 45.6 Å². The van der Waals surface area contributed by atoms with Crippen LogP contribution in [0.3, 0.4) is 0 Å². The first kappa shape index (κ1) is 35.2. The van der Waals surface area contributed by atoms with Crippen molar-refractivity contribution in [1.29, 1.82) is 0 Å². The summed E-state index contributed by atoms with van der Waals surface area (Å²) in [7, 11) is 0. The summed E-state index contributed by atoms with van der Waals surface area (Å²) in [5.74, 6) is -0.773. The Labute approximate surface area is 234 Å². The van der Waals surface area contributed by atoms with Gasteiger partial charge in [0, 0.05) is 6.42 Å². The van der Waals surface area contributed by atoms with E-state index >= 15 is 0 Å². The van der Waals surface area contributed by atoms with Crippen molar-refractivity contribution in [3.05, 3.63) is 0 Å². The van der Waals surface area contributed by atoms with Crippen molar-refractivity contribution >= 4 is 5.91 Å². The largest absolute Gasteiger partial charge is 0.394 e. The highest BCUT2D eigenvalue weighted by Crippen LogP contribution is 2.27. The number of carbonyl (C=O) groups excluding carboxylic acids is 1. The molecule has 0 radical (unpaired) electrons. The normalized spacial score (nSPS) is 34.6. The van der Waals surface area contributed by atoms with Gasteiger partial charge in [-0.1, -0.05) is 76.4 Å². The number of hydroxylamine groups is 2. The monoisotopic (exact) mass is 583 g/mol. The van der Waals surface area contributed by atoms with E-state index in [1.165, 1.54) is 38.5 Å². The zero-order valence-corrected chi connectivity index (χ0v) is 23.2. The van der Waals surface area contributed by atoms with Gasteiger partial charge in [-0.05, 0) is 6.42 Å². The van der Waals surface area contributed by atoms with Crippen molar-refractivity contribution in [1.82, 2.24) is 5.23 Å². The predicted octanol–water partition coefficient (Wildman–Crippen LogP) is -1.02.